The van der Waals surface area contributed by atoms with Crippen molar-refractivity contribution in [1.29, 1.82) is 0 Å². The van der Waals surface area contributed by atoms with E-state index in [-0.39, 0.29) is 24.3 Å². The molecular weight excluding hydrogens is 355 g/mol. The molecule has 27 heavy (non-hydrogen) atoms. The average molecular weight is 379 g/mol. The summed E-state index contributed by atoms with van der Waals surface area (Å²) in [6.45, 7) is 5.93. The largest absolute Gasteiger partial charge is 0.484 e. The number of amides is 1. The first-order chi connectivity index (χ1) is 12.6. The molecule has 0 aliphatic rings. The molecule has 0 fully saturated rings. The topological polar surface area (TPSA) is 38.3 Å². The molecule has 0 aliphatic heterocycles. The highest BCUT2D eigenvalue weighted by Gasteiger charge is 2.30. The molecule has 0 saturated carbocycles. The lowest BCUT2D eigenvalue weighted by Crippen LogP contribution is -2.31. The first-order valence-electron chi connectivity index (χ1n) is 8.83. The van der Waals surface area contributed by atoms with Crippen LogP contribution in [0.25, 0.3) is 0 Å². The van der Waals surface area contributed by atoms with Crippen LogP contribution in [0.2, 0.25) is 0 Å². The zero-order chi connectivity index (χ0) is 20.0. The highest BCUT2D eigenvalue weighted by Crippen LogP contribution is 2.30. The van der Waals surface area contributed by atoms with Gasteiger partial charge in [0.25, 0.3) is 5.91 Å². The van der Waals surface area contributed by atoms with Crippen LogP contribution < -0.4 is 10.1 Å². The van der Waals surface area contributed by atoms with Crippen LogP contribution >= 0.6 is 0 Å². The van der Waals surface area contributed by atoms with E-state index in [1.165, 1.54) is 17.7 Å². The quantitative estimate of drug-likeness (QED) is 0.722. The van der Waals surface area contributed by atoms with Gasteiger partial charge in [-0.3, -0.25) is 4.79 Å². The van der Waals surface area contributed by atoms with E-state index in [9.17, 15) is 18.0 Å². The fraction of sp³-hybridized carbons (Fsp3) is 0.381. The summed E-state index contributed by atoms with van der Waals surface area (Å²) in [5.74, 6) is 0.452. The number of nitrogens with one attached hydrogen (secondary N) is 1. The third kappa shape index (κ3) is 6.62. The Morgan fingerprint density at radius 1 is 1.00 bits per heavy atom. The number of hydrogen-bond donors (Lipinski definition) is 1. The summed E-state index contributed by atoms with van der Waals surface area (Å²) in [6.07, 6.45) is -3.39. The molecule has 0 radical (unpaired) electrons. The fourth-order valence-corrected chi connectivity index (χ4v) is 2.67. The number of alkyl halides is 3. The third-order valence-corrected chi connectivity index (χ3v) is 4.05. The molecular formula is C21H24F3NO2. The highest BCUT2D eigenvalue weighted by atomic mass is 19.4. The SMILES string of the molecule is CC(C)Cc1ccc([C@H](C)NC(=O)COc2ccc(C(F)(F)F)cc2)cc1. The minimum Gasteiger partial charge on any atom is -0.484 e. The zero-order valence-electron chi connectivity index (χ0n) is 15.6. The average Bonchev–Trinajstić information content (AvgIpc) is 2.59. The van der Waals surface area contributed by atoms with Crippen LogP contribution in [0.4, 0.5) is 13.2 Å². The molecule has 2 aromatic carbocycles. The molecule has 6 heteroatoms. The molecule has 0 saturated heterocycles. The molecule has 146 valence electrons. The van der Waals surface area contributed by atoms with Crippen molar-refractivity contribution in [3.05, 3.63) is 65.2 Å². The van der Waals surface area contributed by atoms with Gasteiger partial charge in [-0.2, -0.15) is 13.2 Å². The number of benzene rings is 2. The van der Waals surface area contributed by atoms with E-state index in [4.69, 9.17) is 4.74 Å². The van der Waals surface area contributed by atoms with Gasteiger partial charge >= 0.3 is 6.18 Å². The zero-order valence-corrected chi connectivity index (χ0v) is 15.6. The molecule has 1 atom stereocenters. The van der Waals surface area contributed by atoms with Crippen LogP contribution in [0.1, 0.15) is 43.5 Å². The van der Waals surface area contributed by atoms with E-state index >= 15 is 0 Å². The van der Waals surface area contributed by atoms with Crippen LogP contribution in [0.3, 0.4) is 0 Å². The predicted octanol–water partition coefficient (Wildman–Crippen LogP) is 5.16. The maximum atomic E-state index is 12.5. The maximum Gasteiger partial charge on any atom is 0.416 e. The minimum atomic E-state index is -4.39. The van der Waals surface area contributed by atoms with Crippen molar-refractivity contribution in [2.45, 2.75) is 39.4 Å². The Kier molecular flexibility index (Phi) is 6.88. The summed E-state index contributed by atoms with van der Waals surface area (Å²) in [4.78, 5) is 12.0. The number of carbonyl (C=O) groups is 1. The second-order valence-corrected chi connectivity index (χ2v) is 6.94. The molecule has 0 aromatic heterocycles. The molecule has 0 bridgehead atoms. The lowest BCUT2D eigenvalue weighted by Gasteiger charge is -2.16. The van der Waals surface area contributed by atoms with E-state index in [0.29, 0.717) is 5.92 Å². The summed E-state index contributed by atoms with van der Waals surface area (Å²) in [7, 11) is 0. The van der Waals surface area contributed by atoms with E-state index in [2.05, 4.69) is 31.3 Å². The lowest BCUT2D eigenvalue weighted by atomic mass is 10.00. The maximum absolute atomic E-state index is 12.5. The highest BCUT2D eigenvalue weighted by molar-refractivity contribution is 5.78. The molecule has 0 unspecified atom stereocenters. The fourth-order valence-electron chi connectivity index (χ4n) is 2.67. The summed E-state index contributed by atoms with van der Waals surface area (Å²) in [6, 6.07) is 12.1. The molecule has 0 spiro atoms. The van der Waals surface area contributed by atoms with Crippen molar-refractivity contribution in [2.75, 3.05) is 6.61 Å². The van der Waals surface area contributed by atoms with E-state index < -0.39 is 11.7 Å². The van der Waals surface area contributed by atoms with E-state index in [0.717, 1.165) is 24.1 Å². The summed E-state index contributed by atoms with van der Waals surface area (Å²) in [5, 5.41) is 2.82. The molecule has 0 heterocycles. The van der Waals surface area contributed by atoms with Gasteiger partial charge in [0.05, 0.1) is 11.6 Å². The molecule has 3 nitrogen and oxygen atoms in total. The van der Waals surface area contributed by atoms with Crippen molar-refractivity contribution < 1.29 is 22.7 Å². The Bertz CT molecular complexity index is 738. The van der Waals surface area contributed by atoms with Gasteiger partial charge < -0.3 is 10.1 Å². The van der Waals surface area contributed by atoms with Crippen LogP contribution in [-0.2, 0) is 17.4 Å². The first-order valence-corrected chi connectivity index (χ1v) is 8.83. The number of ether oxygens (including phenoxy) is 1. The molecule has 1 amide bonds. The standard InChI is InChI=1S/C21H24F3NO2/c1-14(2)12-16-4-6-17(7-5-16)15(3)25-20(26)13-27-19-10-8-18(9-11-19)21(22,23)24/h4-11,14-15H,12-13H2,1-3H3,(H,25,26)/t15-/m0/s1. The van der Waals surface area contributed by atoms with Gasteiger partial charge in [-0.25, -0.2) is 0 Å². The smallest absolute Gasteiger partial charge is 0.416 e. The normalized spacial score (nSPS) is 12.7. The Morgan fingerprint density at radius 3 is 2.11 bits per heavy atom. The summed E-state index contributed by atoms with van der Waals surface area (Å²) in [5.41, 5.74) is 1.47. The summed E-state index contributed by atoms with van der Waals surface area (Å²) < 4.78 is 42.8. The van der Waals surface area contributed by atoms with Gasteiger partial charge in [0.2, 0.25) is 0 Å². The first kappa shape index (κ1) is 20.8. The Balaban J connectivity index is 1.84. The van der Waals surface area contributed by atoms with Crippen molar-refractivity contribution in [3.8, 4) is 5.75 Å². The monoisotopic (exact) mass is 379 g/mol. The van der Waals surface area contributed by atoms with Gasteiger partial charge in [-0.05, 0) is 54.7 Å². The lowest BCUT2D eigenvalue weighted by molar-refractivity contribution is -0.137. The number of hydrogen-bond acceptors (Lipinski definition) is 2. The Morgan fingerprint density at radius 2 is 1.59 bits per heavy atom. The van der Waals surface area contributed by atoms with Crippen LogP contribution in [0.5, 0.6) is 5.75 Å². The van der Waals surface area contributed by atoms with E-state index in [1.807, 2.05) is 19.1 Å². The van der Waals surface area contributed by atoms with Gasteiger partial charge in [-0.15, -0.1) is 0 Å². The minimum absolute atomic E-state index is 0.193. The van der Waals surface area contributed by atoms with Crippen LogP contribution in [-0.4, -0.2) is 12.5 Å². The van der Waals surface area contributed by atoms with Crippen molar-refractivity contribution in [2.24, 2.45) is 5.92 Å². The van der Waals surface area contributed by atoms with Crippen molar-refractivity contribution in [3.63, 3.8) is 0 Å². The Labute approximate surface area is 157 Å². The van der Waals surface area contributed by atoms with Crippen molar-refractivity contribution in [1.82, 2.24) is 5.32 Å². The molecule has 2 rings (SSSR count). The number of rotatable bonds is 7. The number of carbonyl (C=O) groups excluding carboxylic acids is 1. The predicted molar refractivity (Wildman–Crippen MR) is 98.5 cm³/mol. The second-order valence-electron chi connectivity index (χ2n) is 6.94. The summed E-state index contributed by atoms with van der Waals surface area (Å²) >= 11 is 0. The van der Waals surface area contributed by atoms with Crippen LogP contribution in [0, 0.1) is 5.92 Å². The van der Waals surface area contributed by atoms with E-state index in [1.54, 1.807) is 0 Å². The van der Waals surface area contributed by atoms with Crippen molar-refractivity contribution >= 4 is 5.91 Å². The van der Waals surface area contributed by atoms with Crippen LogP contribution in [0.15, 0.2) is 48.5 Å². The molecule has 0 aliphatic carbocycles. The second kappa shape index (κ2) is 8.93. The van der Waals surface area contributed by atoms with Gasteiger partial charge in [0, 0.05) is 0 Å². The third-order valence-electron chi connectivity index (χ3n) is 4.05. The Hall–Kier alpha value is -2.50. The van der Waals surface area contributed by atoms with Gasteiger partial charge in [0.15, 0.2) is 6.61 Å². The molecule has 2 aromatic rings. The number of halogens is 3. The van der Waals surface area contributed by atoms with Gasteiger partial charge in [-0.1, -0.05) is 38.1 Å². The van der Waals surface area contributed by atoms with Gasteiger partial charge in [0.1, 0.15) is 5.75 Å². The molecule has 1 N–H and O–H groups in total.